The minimum Gasteiger partial charge on any atom is -0.313 e. The van der Waals surface area contributed by atoms with Gasteiger partial charge in [-0.05, 0) is 72.4 Å². The van der Waals surface area contributed by atoms with E-state index in [0.717, 1.165) is 43.2 Å². The Kier molecular flexibility index (Phi) is 4.48. The van der Waals surface area contributed by atoms with Crippen molar-refractivity contribution in [2.45, 2.75) is 26.7 Å². The number of nitrogens with zero attached hydrogens (tertiary/aromatic N) is 2. The van der Waals surface area contributed by atoms with E-state index in [1.165, 1.54) is 27.8 Å². The van der Waals surface area contributed by atoms with Crippen molar-refractivity contribution < 1.29 is 0 Å². The first kappa shape index (κ1) is 16.8. The third-order valence-corrected chi connectivity index (χ3v) is 5.22. The van der Waals surface area contributed by atoms with Crippen LogP contribution in [0.2, 0.25) is 0 Å². The van der Waals surface area contributed by atoms with Crippen LogP contribution in [0.25, 0.3) is 5.57 Å². The molecule has 3 aliphatic heterocycles. The Bertz CT molecular complexity index is 909. The molecule has 0 aromatic heterocycles. The standard InChI is InChI=1S/C23H25N3/c1-4-18-5-6-20(13-16(18)2)21-7-8-23-25-22(14-17(3)26(23)15-21)19-9-11-24-12-10-19/h5-9,13-15,24H,3-4,10-12H2,1-2H3. The van der Waals surface area contributed by atoms with E-state index >= 15 is 0 Å². The Balaban J connectivity index is 1.63. The highest BCUT2D eigenvalue weighted by molar-refractivity contribution is 6.02. The Morgan fingerprint density at radius 2 is 2.15 bits per heavy atom. The molecule has 0 amide bonds. The summed E-state index contributed by atoms with van der Waals surface area (Å²) in [7, 11) is 0. The maximum absolute atomic E-state index is 4.87. The molecule has 0 fully saturated rings. The second-order valence-electron chi connectivity index (χ2n) is 6.96. The molecule has 1 aromatic rings. The van der Waals surface area contributed by atoms with Crippen LogP contribution in [0, 0.1) is 6.92 Å². The molecule has 1 N–H and O–H groups in total. The number of hydrogen-bond donors (Lipinski definition) is 1. The number of fused-ring (bicyclic) bond motifs is 1. The fraction of sp³-hybridized carbons (Fsp3) is 0.261. The van der Waals surface area contributed by atoms with E-state index in [1.807, 2.05) is 0 Å². The van der Waals surface area contributed by atoms with Gasteiger partial charge in [0, 0.05) is 18.4 Å². The number of nitrogens with one attached hydrogen (secondary N) is 1. The first-order valence-corrected chi connectivity index (χ1v) is 9.34. The van der Waals surface area contributed by atoms with Gasteiger partial charge in [0.1, 0.15) is 5.84 Å². The molecule has 0 saturated carbocycles. The van der Waals surface area contributed by atoms with E-state index in [2.05, 4.69) is 79.3 Å². The molecule has 4 rings (SSSR count). The van der Waals surface area contributed by atoms with Gasteiger partial charge in [-0.15, -0.1) is 0 Å². The number of aliphatic imine (C=N–C) groups is 1. The summed E-state index contributed by atoms with van der Waals surface area (Å²) in [5.74, 6) is 0.942. The summed E-state index contributed by atoms with van der Waals surface area (Å²) in [6.45, 7) is 10.6. The van der Waals surface area contributed by atoms with Crippen molar-refractivity contribution >= 4 is 11.4 Å². The maximum atomic E-state index is 4.87. The van der Waals surface area contributed by atoms with Crippen LogP contribution in [0.1, 0.15) is 30.0 Å². The topological polar surface area (TPSA) is 27.6 Å². The summed E-state index contributed by atoms with van der Waals surface area (Å²) < 4.78 is 0. The van der Waals surface area contributed by atoms with Gasteiger partial charge in [0.25, 0.3) is 0 Å². The largest absolute Gasteiger partial charge is 0.313 e. The second-order valence-corrected chi connectivity index (χ2v) is 6.96. The van der Waals surface area contributed by atoms with Crippen LogP contribution in [0.4, 0.5) is 0 Å². The quantitative estimate of drug-likeness (QED) is 0.875. The van der Waals surface area contributed by atoms with Gasteiger partial charge in [-0.3, -0.25) is 0 Å². The smallest absolute Gasteiger partial charge is 0.137 e. The summed E-state index contributed by atoms with van der Waals surface area (Å²) in [6.07, 6.45) is 12.8. The molecular formula is C23H25N3. The fourth-order valence-corrected chi connectivity index (χ4v) is 3.66. The zero-order chi connectivity index (χ0) is 18.1. The molecule has 0 spiro atoms. The van der Waals surface area contributed by atoms with Gasteiger partial charge in [0.15, 0.2) is 0 Å². The molecule has 26 heavy (non-hydrogen) atoms. The normalized spacial score (nSPS) is 19.5. The van der Waals surface area contributed by atoms with Gasteiger partial charge in [0.2, 0.25) is 0 Å². The average Bonchev–Trinajstić information content (AvgIpc) is 2.68. The number of aryl methyl sites for hydroxylation is 2. The lowest BCUT2D eigenvalue weighted by Gasteiger charge is -2.30. The lowest BCUT2D eigenvalue weighted by molar-refractivity contribution is 0.686. The van der Waals surface area contributed by atoms with Gasteiger partial charge in [-0.2, -0.15) is 0 Å². The zero-order valence-corrected chi connectivity index (χ0v) is 15.5. The van der Waals surface area contributed by atoms with Crippen molar-refractivity contribution in [3.63, 3.8) is 0 Å². The molecular weight excluding hydrogens is 318 g/mol. The van der Waals surface area contributed by atoms with Gasteiger partial charge < -0.3 is 10.2 Å². The minimum absolute atomic E-state index is 0.917. The molecule has 0 saturated heterocycles. The molecule has 132 valence electrons. The van der Waals surface area contributed by atoms with Crippen molar-refractivity contribution in [1.82, 2.24) is 10.2 Å². The third-order valence-electron chi connectivity index (χ3n) is 5.22. The van der Waals surface area contributed by atoms with E-state index in [-0.39, 0.29) is 0 Å². The number of rotatable bonds is 3. The summed E-state index contributed by atoms with van der Waals surface area (Å²) in [6, 6.07) is 6.71. The lowest BCUT2D eigenvalue weighted by Crippen LogP contribution is -2.28. The van der Waals surface area contributed by atoms with E-state index in [0.29, 0.717) is 0 Å². The summed E-state index contributed by atoms with van der Waals surface area (Å²) in [4.78, 5) is 6.95. The van der Waals surface area contributed by atoms with E-state index in [9.17, 15) is 0 Å². The van der Waals surface area contributed by atoms with Crippen LogP contribution in [0.3, 0.4) is 0 Å². The predicted octanol–water partition coefficient (Wildman–Crippen LogP) is 4.50. The molecule has 3 nitrogen and oxygen atoms in total. The van der Waals surface area contributed by atoms with Crippen molar-refractivity contribution in [1.29, 1.82) is 0 Å². The predicted molar refractivity (Wildman–Crippen MR) is 110 cm³/mol. The van der Waals surface area contributed by atoms with E-state index in [1.54, 1.807) is 0 Å². The summed E-state index contributed by atoms with van der Waals surface area (Å²) in [5.41, 5.74) is 8.50. The highest BCUT2D eigenvalue weighted by atomic mass is 15.2. The lowest BCUT2D eigenvalue weighted by atomic mass is 9.97. The molecule has 0 aliphatic carbocycles. The van der Waals surface area contributed by atoms with Crippen LogP contribution in [-0.4, -0.2) is 23.8 Å². The number of benzene rings is 1. The van der Waals surface area contributed by atoms with Crippen molar-refractivity contribution in [3.05, 3.63) is 88.9 Å². The second kappa shape index (κ2) is 6.93. The first-order valence-electron chi connectivity index (χ1n) is 9.34. The van der Waals surface area contributed by atoms with Crippen LogP contribution in [-0.2, 0) is 6.42 Å². The van der Waals surface area contributed by atoms with Gasteiger partial charge >= 0.3 is 0 Å². The monoisotopic (exact) mass is 343 g/mol. The Labute approximate surface area is 155 Å². The first-order chi connectivity index (χ1) is 12.7. The third kappa shape index (κ3) is 3.11. The van der Waals surface area contributed by atoms with Crippen molar-refractivity contribution in [3.8, 4) is 0 Å². The van der Waals surface area contributed by atoms with Gasteiger partial charge in [0.05, 0.1) is 5.70 Å². The minimum atomic E-state index is 0.917. The van der Waals surface area contributed by atoms with Crippen molar-refractivity contribution in [2.75, 3.05) is 13.1 Å². The molecule has 3 heterocycles. The van der Waals surface area contributed by atoms with Gasteiger partial charge in [-0.25, -0.2) is 4.99 Å². The van der Waals surface area contributed by atoms with Crippen LogP contribution >= 0.6 is 0 Å². The molecule has 0 bridgehead atoms. The van der Waals surface area contributed by atoms with Crippen molar-refractivity contribution in [2.24, 2.45) is 4.99 Å². The fourth-order valence-electron chi connectivity index (χ4n) is 3.66. The maximum Gasteiger partial charge on any atom is 0.137 e. The Morgan fingerprint density at radius 3 is 2.88 bits per heavy atom. The summed E-state index contributed by atoms with van der Waals surface area (Å²) in [5, 5.41) is 3.35. The van der Waals surface area contributed by atoms with Crippen LogP contribution in [0.5, 0.6) is 0 Å². The molecule has 0 unspecified atom stereocenters. The Morgan fingerprint density at radius 1 is 1.27 bits per heavy atom. The molecule has 1 aromatic carbocycles. The number of hydrogen-bond acceptors (Lipinski definition) is 3. The average molecular weight is 343 g/mol. The van der Waals surface area contributed by atoms with Crippen LogP contribution < -0.4 is 5.32 Å². The summed E-state index contributed by atoms with van der Waals surface area (Å²) >= 11 is 0. The van der Waals surface area contributed by atoms with Crippen LogP contribution in [0.15, 0.2) is 77.2 Å². The molecule has 0 atom stereocenters. The SMILES string of the molecule is C=C1C=C(C2=CCNCC2)N=C2C=CC(c3ccc(CC)c(C)c3)=CN12. The molecule has 0 radical (unpaired) electrons. The Hall–Kier alpha value is -2.65. The number of amidine groups is 1. The highest BCUT2D eigenvalue weighted by Gasteiger charge is 2.21. The van der Waals surface area contributed by atoms with Gasteiger partial charge in [-0.1, -0.05) is 37.8 Å². The van der Waals surface area contributed by atoms with E-state index < -0.39 is 0 Å². The zero-order valence-electron chi connectivity index (χ0n) is 15.5. The van der Waals surface area contributed by atoms with E-state index in [4.69, 9.17) is 4.99 Å². The number of allylic oxidation sites excluding steroid dienone is 4. The molecule has 3 heteroatoms. The highest BCUT2D eigenvalue weighted by Crippen LogP contribution is 2.30. The molecule has 3 aliphatic rings.